The third-order valence-corrected chi connectivity index (χ3v) is 3.50. The Morgan fingerprint density at radius 3 is 2.88 bits per heavy atom. The van der Waals surface area contributed by atoms with E-state index in [0.717, 1.165) is 5.75 Å². The second kappa shape index (κ2) is 6.51. The Morgan fingerprint density at radius 2 is 2.25 bits per heavy atom. The molecule has 5 N–H and O–H groups in total. The Morgan fingerprint density at radius 1 is 1.50 bits per heavy atom. The summed E-state index contributed by atoms with van der Waals surface area (Å²) in [6, 6.07) is 1.59. The van der Waals surface area contributed by atoms with Gasteiger partial charge in [0.2, 0.25) is 5.91 Å². The molecule has 88 valence electrons. The van der Waals surface area contributed by atoms with E-state index >= 15 is 0 Å². The van der Waals surface area contributed by atoms with E-state index in [1.807, 2.05) is 0 Å². The number of thiophene rings is 1. The highest BCUT2D eigenvalue weighted by atomic mass is 32.2. The SMILES string of the molecule is NCCSCC(=O)Nc1sccc1C(N)=O. The lowest BCUT2D eigenvalue weighted by atomic mass is 10.3. The van der Waals surface area contributed by atoms with Crippen molar-refractivity contribution in [3.8, 4) is 0 Å². The fourth-order valence-electron chi connectivity index (χ4n) is 1.01. The van der Waals surface area contributed by atoms with Crippen molar-refractivity contribution >= 4 is 39.9 Å². The lowest BCUT2D eigenvalue weighted by molar-refractivity contribution is -0.113. The van der Waals surface area contributed by atoms with E-state index in [0.29, 0.717) is 22.9 Å². The van der Waals surface area contributed by atoms with E-state index in [1.165, 1.54) is 23.1 Å². The van der Waals surface area contributed by atoms with Crippen LogP contribution in [0.3, 0.4) is 0 Å². The molecule has 0 bridgehead atoms. The third kappa shape index (κ3) is 3.84. The molecular weight excluding hydrogens is 246 g/mol. The molecule has 2 amide bonds. The van der Waals surface area contributed by atoms with Crippen molar-refractivity contribution in [2.45, 2.75) is 0 Å². The number of amides is 2. The first kappa shape index (κ1) is 13.0. The predicted molar refractivity (Wildman–Crippen MR) is 67.8 cm³/mol. The molecule has 0 saturated carbocycles. The predicted octanol–water partition coefficient (Wildman–Crippen LogP) is 0.477. The monoisotopic (exact) mass is 259 g/mol. The van der Waals surface area contributed by atoms with E-state index in [-0.39, 0.29) is 5.91 Å². The van der Waals surface area contributed by atoms with Crippen LogP contribution < -0.4 is 16.8 Å². The normalized spacial score (nSPS) is 10.1. The molecule has 0 spiro atoms. The average Bonchev–Trinajstić information content (AvgIpc) is 2.66. The van der Waals surface area contributed by atoms with Crippen LogP contribution in [0, 0.1) is 0 Å². The molecule has 0 aromatic carbocycles. The lowest BCUT2D eigenvalue weighted by Gasteiger charge is -2.03. The number of primary amides is 1. The van der Waals surface area contributed by atoms with E-state index in [1.54, 1.807) is 11.4 Å². The van der Waals surface area contributed by atoms with E-state index in [2.05, 4.69) is 5.32 Å². The van der Waals surface area contributed by atoms with E-state index in [4.69, 9.17) is 11.5 Å². The van der Waals surface area contributed by atoms with E-state index in [9.17, 15) is 9.59 Å². The highest BCUT2D eigenvalue weighted by molar-refractivity contribution is 7.99. The Labute approximate surface area is 102 Å². The van der Waals surface area contributed by atoms with Gasteiger partial charge < -0.3 is 16.8 Å². The number of carbonyl (C=O) groups is 2. The number of carbonyl (C=O) groups excluding carboxylic acids is 2. The van der Waals surface area contributed by atoms with Crippen LogP contribution in [0.2, 0.25) is 0 Å². The van der Waals surface area contributed by atoms with Crippen molar-refractivity contribution in [3.05, 3.63) is 17.0 Å². The van der Waals surface area contributed by atoms with Gasteiger partial charge in [-0.3, -0.25) is 9.59 Å². The summed E-state index contributed by atoms with van der Waals surface area (Å²) >= 11 is 2.73. The van der Waals surface area contributed by atoms with Gasteiger partial charge in [-0.15, -0.1) is 11.3 Å². The molecular formula is C9H13N3O2S2. The van der Waals surface area contributed by atoms with Crippen molar-refractivity contribution in [2.24, 2.45) is 11.5 Å². The van der Waals surface area contributed by atoms with Gasteiger partial charge in [-0.1, -0.05) is 0 Å². The van der Waals surface area contributed by atoms with Gasteiger partial charge in [-0.2, -0.15) is 11.8 Å². The van der Waals surface area contributed by atoms with Crippen LogP contribution >= 0.6 is 23.1 Å². The molecule has 1 rings (SSSR count). The van der Waals surface area contributed by atoms with Gasteiger partial charge in [0.1, 0.15) is 5.00 Å². The Kier molecular flexibility index (Phi) is 5.30. The zero-order valence-corrected chi connectivity index (χ0v) is 10.2. The lowest BCUT2D eigenvalue weighted by Crippen LogP contribution is -2.18. The van der Waals surface area contributed by atoms with Gasteiger partial charge in [0.25, 0.3) is 5.91 Å². The van der Waals surface area contributed by atoms with Gasteiger partial charge in [-0.25, -0.2) is 0 Å². The number of rotatable bonds is 6. The number of thioether (sulfide) groups is 1. The van der Waals surface area contributed by atoms with Crippen LogP contribution in [0.15, 0.2) is 11.4 Å². The minimum atomic E-state index is -0.536. The van der Waals surface area contributed by atoms with Gasteiger partial charge >= 0.3 is 0 Å². The highest BCUT2D eigenvalue weighted by Gasteiger charge is 2.11. The molecule has 0 aliphatic heterocycles. The zero-order chi connectivity index (χ0) is 12.0. The maximum Gasteiger partial charge on any atom is 0.251 e. The standard InChI is InChI=1S/C9H13N3O2S2/c10-2-4-15-5-7(13)12-9-6(8(11)14)1-3-16-9/h1,3H,2,4-5,10H2,(H2,11,14)(H,12,13). The van der Waals surface area contributed by atoms with Crippen LogP contribution in [-0.2, 0) is 4.79 Å². The third-order valence-electron chi connectivity index (χ3n) is 1.68. The molecule has 1 heterocycles. The number of hydrogen-bond donors (Lipinski definition) is 3. The Bertz CT molecular complexity index is 379. The number of anilines is 1. The molecule has 0 radical (unpaired) electrons. The molecule has 0 aliphatic rings. The first-order chi connectivity index (χ1) is 7.65. The topological polar surface area (TPSA) is 98.2 Å². The van der Waals surface area contributed by atoms with Gasteiger partial charge in [0.15, 0.2) is 0 Å². The number of nitrogens with two attached hydrogens (primary N) is 2. The average molecular weight is 259 g/mol. The van der Waals surface area contributed by atoms with Crippen molar-refractivity contribution in [1.29, 1.82) is 0 Å². The first-order valence-electron chi connectivity index (χ1n) is 4.60. The molecule has 7 heteroatoms. The molecule has 0 aliphatic carbocycles. The largest absolute Gasteiger partial charge is 0.366 e. The van der Waals surface area contributed by atoms with Crippen LogP contribution in [0.4, 0.5) is 5.00 Å². The summed E-state index contributed by atoms with van der Waals surface area (Å²) in [7, 11) is 0. The summed E-state index contributed by atoms with van der Waals surface area (Å²) in [5.41, 5.74) is 10.8. The van der Waals surface area contributed by atoms with Gasteiger partial charge in [0, 0.05) is 12.3 Å². The zero-order valence-electron chi connectivity index (χ0n) is 8.56. The van der Waals surface area contributed by atoms with Crippen molar-refractivity contribution in [2.75, 3.05) is 23.4 Å². The molecule has 16 heavy (non-hydrogen) atoms. The van der Waals surface area contributed by atoms with Crippen LogP contribution in [0.25, 0.3) is 0 Å². The summed E-state index contributed by atoms with van der Waals surface area (Å²) in [4.78, 5) is 22.4. The van der Waals surface area contributed by atoms with Crippen molar-refractivity contribution in [3.63, 3.8) is 0 Å². The second-order valence-electron chi connectivity index (χ2n) is 2.92. The number of nitrogens with one attached hydrogen (secondary N) is 1. The summed E-state index contributed by atoms with van der Waals surface area (Å²) < 4.78 is 0. The molecule has 0 saturated heterocycles. The minimum Gasteiger partial charge on any atom is -0.366 e. The Balaban J connectivity index is 2.49. The first-order valence-corrected chi connectivity index (χ1v) is 6.63. The van der Waals surface area contributed by atoms with Crippen LogP contribution in [0.5, 0.6) is 0 Å². The molecule has 1 aromatic rings. The molecule has 0 atom stereocenters. The van der Waals surface area contributed by atoms with Crippen molar-refractivity contribution in [1.82, 2.24) is 0 Å². The fraction of sp³-hybridized carbons (Fsp3) is 0.333. The molecule has 1 aromatic heterocycles. The van der Waals surface area contributed by atoms with E-state index < -0.39 is 5.91 Å². The second-order valence-corrected chi connectivity index (χ2v) is 4.94. The molecule has 0 fully saturated rings. The molecule has 5 nitrogen and oxygen atoms in total. The maximum atomic E-state index is 11.4. The molecule has 0 unspecified atom stereocenters. The fourth-order valence-corrected chi connectivity index (χ4v) is 2.39. The summed E-state index contributed by atoms with van der Waals surface area (Å²) in [6.07, 6.45) is 0. The van der Waals surface area contributed by atoms with Crippen molar-refractivity contribution < 1.29 is 9.59 Å². The summed E-state index contributed by atoms with van der Waals surface area (Å²) in [5, 5.41) is 4.86. The van der Waals surface area contributed by atoms with Crippen LogP contribution in [0.1, 0.15) is 10.4 Å². The Hall–Kier alpha value is -1.05. The minimum absolute atomic E-state index is 0.150. The summed E-state index contributed by atoms with van der Waals surface area (Å²) in [6.45, 7) is 0.545. The van der Waals surface area contributed by atoms with Crippen LogP contribution in [-0.4, -0.2) is 29.9 Å². The van der Waals surface area contributed by atoms with Gasteiger partial charge in [0.05, 0.1) is 11.3 Å². The number of hydrogen-bond acceptors (Lipinski definition) is 5. The summed E-state index contributed by atoms with van der Waals surface area (Å²) in [5.74, 6) is 0.378. The highest BCUT2D eigenvalue weighted by Crippen LogP contribution is 2.22. The smallest absolute Gasteiger partial charge is 0.251 e. The van der Waals surface area contributed by atoms with Gasteiger partial charge in [-0.05, 0) is 11.4 Å². The quantitative estimate of drug-likeness (QED) is 0.647. The maximum absolute atomic E-state index is 11.4.